The van der Waals surface area contributed by atoms with Crippen molar-refractivity contribution in [2.24, 2.45) is 0 Å². The summed E-state index contributed by atoms with van der Waals surface area (Å²) in [6, 6.07) is 10.1. The molecule has 1 N–H and O–H groups in total. The zero-order chi connectivity index (χ0) is 15.2. The van der Waals surface area contributed by atoms with Crippen molar-refractivity contribution in [1.82, 2.24) is 0 Å². The molecule has 0 atom stereocenters. The van der Waals surface area contributed by atoms with E-state index in [0.29, 0.717) is 11.4 Å². The minimum Gasteiger partial charge on any atom is -0.326 e. The smallest absolute Gasteiger partial charge is 0.225 e. The van der Waals surface area contributed by atoms with E-state index < -0.39 is 5.82 Å². The summed E-state index contributed by atoms with van der Waals surface area (Å²) in [5.74, 6) is -0.439. The minimum atomic E-state index is -0.526. The van der Waals surface area contributed by atoms with Gasteiger partial charge in [-0.15, -0.1) is 11.8 Å². The van der Waals surface area contributed by atoms with E-state index in [-0.39, 0.29) is 23.2 Å². The lowest BCUT2D eigenvalue weighted by Gasteiger charge is -2.06. The van der Waals surface area contributed by atoms with Gasteiger partial charge in [0.25, 0.3) is 0 Å². The van der Waals surface area contributed by atoms with Crippen LogP contribution in [-0.2, 0) is 4.79 Å². The summed E-state index contributed by atoms with van der Waals surface area (Å²) in [5.41, 5.74) is 0.457. The summed E-state index contributed by atoms with van der Waals surface area (Å²) in [6.45, 7) is 0. The van der Waals surface area contributed by atoms with Crippen LogP contribution in [0.15, 0.2) is 47.4 Å². The van der Waals surface area contributed by atoms with Crippen molar-refractivity contribution in [3.8, 4) is 0 Å². The van der Waals surface area contributed by atoms with Crippen LogP contribution in [0.25, 0.3) is 0 Å². The number of halogens is 3. The number of hydrogen-bond donors (Lipinski definition) is 1. The number of anilines is 1. The van der Waals surface area contributed by atoms with E-state index in [1.54, 1.807) is 12.1 Å². The molecule has 0 aliphatic carbocycles. The minimum absolute atomic E-state index is 0.0338. The third kappa shape index (κ3) is 5.02. The molecule has 0 heterocycles. The van der Waals surface area contributed by atoms with Gasteiger partial charge in [-0.25, -0.2) is 8.78 Å². The van der Waals surface area contributed by atoms with Gasteiger partial charge in [0.05, 0.1) is 5.02 Å². The van der Waals surface area contributed by atoms with Crippen LogP contribution in [-0.4, -0.2) is 11.7 Å². The van der Waals surface area contributed by atoms with E-state index in [0.717, 1.165) is 4.90 Å². The standard InChI is InChI=1S/C15H12ClF2NOS/c16-13-9-11(3-6-14(13)18)19-15(20)7-8-21-12-4-1-10(17)2-5-12/h1-6,9H,7-8H2,(H,19,20). The molecule has 0 radical (unpaired) electrons. The average Bonchev–Trinajstić information content (AvgIpc) is 2.45. The van der Waals surface area contributed by atoms with Crippen molar-refractivity contribution >= 4 is 35.0 Å². The number of nitrogens with one attached hydrogen (secondary N) is 1. The highest BCUT2D eigenvalue weighted by Crippen LogP contribution is 2.21. The van der Waals surface area contributed by atoms with Crippen molar-refractivity contribution in [2.75, 3.05) is 11.1 Å². The quantitative estimate of drug-likeness (QED) is 0.804. The second kappa shape index (κ2) is 7.43. The summed E-state index contributed by atoms with van der Waals surface area (Å²) < 4.78 is 25.7. The summed E-state index contributed by atoms with van der Waals surface area (Å²) in [5, 5.41) is 2.61. The van der Waals surface area contributed by atoms with E-state index in [1.807, 2.05) is 0 Å². The fourth-order valence-corrected chi connectivity index (χ4v) is 2.62. The fourth-order valence-electron chi connectivity index (χ4n) is 1.59. The Balaban J connectivity index is 1.79. The number of carbonyl (C=O) groups is 1. The van der Waals surface area contributed by atoms with Crippen LogP contribution in [0.3, 0.4) is 0 Å². The first-order valence-corrected chi connectivity index (χ1v) is 7.54. The third-order valence-electron chi connectivity index (χ3n) is 2.61. The maximum Gasteiger partial charge on any atom is 0.225 e. The Morgan fingerprint density at radius 2 is 1.86 bits per heavy atom. The average molecular weight is 328 g/mol. The third-order valence-corrected chi connectivity index (χ3v) is 3.92. The Labute approximate surface area is 130 Å². The molecule has 0 spiro atoms. The summed E-state index contributed by atoms with van der Waals surface area (Å²) in [7, 11) is 0. The van der Waals surface area contributed by atoms with Gasteiger partial charge in [-0.3, -0.25) is 4.79 Å². The molecule has 2 aromatic carbocycles. The monoisotopic (exact) mass is 327 g/mol. The number of hydrogen-bond acceptors (Lipinski definition) is 2. The van der Waals surface area contributed by atoms with Crippen molar-refractivity contribution in [1.29, 1.82) is 0 Å². The van der Waals surface area contributed by atoms with Crippen molar-refractivity contribution < 1.29 is 13.6 Å². The molecule has 0 aliphatic rings. The largest absolute Gasteiger partial charge is 0.326 e. The zero-order valence-electron chi connectivity index (χ0n) is 10.9. The van der Waals surface area contributed by atoms with Crippen LogP contribution < -0.4 is 5.32 Å². The maximum atomic E-state index is 13.0. The highest BCUT2D eigenvalue weighted by Gasteiger charge is 2.05. The highest BCUT2D eigenvalue weighted by atomic mass is 35.5. The van der Waals surface area contributed by atoms with Gasteiger partial charge in [0, 0.05) is 22.8 Å². The Bertz CT molecular complexity index is 634. The summed E-state index contributed by atoms with van der Waals surface area (Å²) in [4.78, 5) is 12.6. The SMILES string of the molecule is O=C(CCSc1ccc(F)cc1)Nc1ccc(F)c(Cl)c1. The topological polar surface area (TPSA) is 29.1 Å². The van der Waals surface area contributed by atoms with E-state index in [4.69, 9.17) is 11.6 Å². The van der Waals surface area contributed by atoms with Crippen LogP contribution in [0.4, 0.5) is 14.5 Å². The van der Waals surface area contributed by atoms with Crippen molar-refractivity contribution in [3.63, 3.8) is 0 Å². The molecule has 0 fully saturated rings. The number of rotatable bonds is 5. The first kappa shape index (κ1) is 15.8. The molecule has 0 aromatic heterocycles. The maximum absolute atomic E-state index is 13.0. The Kier molecular flexibility index (Phi) is 5.59. The molecule has 6 heteroatoms. The van der Waals surface area contributed by atoms with Crippen LogP contribution in [0.5, 0.6) is 0 Å². The number of benzene rings is 2. The second-order valence-corrected chi connectivity index (χ2v) is 5.80. The van der Waals surface area contributed by atoms with Gasteiger partial charge in [-0.05, 0) is 42.5 Å². The van der Waals surface area contributed by atoms with Crippen LogP contribution >= 0.6 is 23.4 Å². The van der Waals surface area contributed by atoms with Gasteiger partial charge in [0.15, 0.2) is 0 Å². The molecular formula is C15H12ClF2NOS. The Hall–Kier alpha value is -1.59. The molecule has 0 unspecified atom stereocenters. The lowest BCUT2D eigenvalue weighted by molar-refractivity contribution is -0.115. The van der Waals surface area contributed by atoms with Gasteiger partial charge in [-0.2, -0.15) is 0 Å². The van der Waals surface area contributed by atoms with Gasteiger partial charge in [-0.1, -0.05) is 11.6 Å². The predicted molar refractivity (Wildman–Crippen MR) is 81.8 cm³/mol. The molecule has 0 saturated heterocycles. The molecule has 0 saturated carbocycles. The predicted octanol–water partition coefficient (Wildman–Crippen LogP) is 4.74. The van der Waals surface area contributed by atoms with E-state index >= 15 is 0 Å². The van der Waals surface area contributed by atoms with E-state index in [1.165, 1.54) is 42.1 Å². The number of amides is 1. The van der Waals surface area contributed by atoms with Crippen molar-refractivity contribution in [2.45, 2.75) is 11.3 Å². The van der Waals surface area contributed by atoms with Gasteiger partial charge < -0.3 is 5.32 Å². The van der Waals surface area contributed by atoms with Crippen molar-refractivity contribution in [3.05, 3.63) is 59.1 Å². The first-order chi connectivity index (χ1) is 10.0. The molecular weight excluding hydrogens is 316 g/mol. The zero-order valence-corrected chi connectivity index (χ0v) is 12.5. The van der Waals surface area contributed by atoms with Gasteiger partial charge in [0.2, 0.25) is 5.91 Å². The molecule has 1 amide bonds. The van der Waals surface area contributed by atoms with Crippen LogP contribution in [0.2, 0.25) is 5.02 Å². The second-order valence-electron chi connectivity index (χ2n) is 4.23. The number of thioether (sulfide) groups is 1. The lowest BCUT2D eigenvalue weighted by Crippen LogP contribution is -2.12. The summed E-state index contributed by atoms with van der Waals surface area (Å²) in [6.07, 6.45) is 0.289. The Morgan fingerprint density at radius 1 is 1.14 bits per heavy atom. The summed E-state index contributed by atoms with van der Waals surface area (Å²) >= 11 is 7.09. The first-order valence-electron chi connectivity index (χ1n) is 6.18. The molecule has 0 aliphatic heterocycles. The molecule has 110 valence electrons. The molecule has 0 bridgehead atoms. The molecule has 2 aromatic rings. The van der Waals surface area contributed by atoms with Crippen LogP contribution in [0, 0.1) is 11.6 Å². The molecule has 2 rings (SSSR count). The normalized spacial score (nSPS) is 10.4. The van der Waals surface area contributed by atoms with Crippen LogP contribution in [0.1, 0.15) is 6.42 Å². The molecule has 2 nitrogen and oxygen atoms in total. The number of carbonyl (C=O) groups excluding carboxylic acids is 1. The molecule has 21 heavy (non-hydrogen) atoms. The Morgan fingerprint density at radius 3 is 2.52 bits per heavy atom. The lowest BCUT2D eigenvalue weighted by atomic mass is 10.3. The van der Waals surface area contributed by atoms with Gasteiger partial charge in [0.1, 0.15) is 11.6 Å². The van der Waals surface area contributed by atoms with E-state index in [2.05, 4.69) is 5.32 Å². The highest BCUT2D eigenvalue weighted by molar-refractivity contribution is 7.99. The fraction of sp³-hybridized carbons (Fsp3) is 0.133. The van der Waals surface area contributed by atoms with Gasteiger partial charge >= 0.3 is 0 Å². The van der Waals surface area contributed by atoms with E-state index in [9.17, 15) is 13.6 Å².